The third kappa shape index (κ3) is 2.82. The van der Waals surface area contributed by atoms with Gasteiger partial charge in [0.1, 0.15) is 6.07 Å². The molecule has 0 bridgehead atoms. The molecular weight excluding hydrogens is 296 g/mol. The van der Waals surface area contributed by atoms with Crippen LogP contribution in [-0.4, -0.2) is 24.2 Å². The van der Waals surface area contributed by atoms with Gasteiger partial charge in [-0.3, -0.25) is 4.79 Å². The lowest BCUT2D eigenvalue weighted by molar-refractivity contribution is -0.137. The zero-order valence-electron chi connectivity index (χ0n) is 9.77. The Morgan fingerprint density at radius 3 is 3.00 bits per heavy atom. The number of carboxylic acid groups (broad SMARTS) is 1. The van der Waals surface area contributed by atoms with E-state index in [1.165, 1.54) is 0 Å². The summed E-state index contributed by atoms with van der Waals surface area (Å²) in [5.41, 5.74) is 1.65. The van der Waals surface area contributed by atoms with E-state index in [0.717, 1.165) is 29.7 Å². The number of hydrogen-bond acceptors (Lipinski definition) is 3. The molecule has 18 heavy (non-hydrogen) atoms. The average molecular weight is 309 g/mol. The molecule has 1 fully saturated rings. The molecule has 1 atom stereocenters. The summed E-state index contributed by atoms with van der Waals surface area (Å²) in [4.78, 5) is 12.8. The van der Waals surface area contributed by atoms with Gasteiger partial charge in [0.25, 0.3) is 0 Å². The highest BCUT2D eigenvalue weighted by Gasteiger charge is 2.24. The first-order valence-electron chi connectivity index (χ1n) is 5.76. The molecule has 1 aliphatic heterocycles. The van der Waals surface area contributed by atoms with Crippen LogP contribution in [0.25, 0.3) is 0 Å². The second-order valence-corrected chi connectivity index (χ2v) is 5.33. The Hall–Kier alpha value is -1.54. The molecule has 0 amide bonds. The van der Waals surface area contributed by atoms with Crippen LogP contribution in [0.1, 0.15) is 18.4 Å². The van der Waals surface area contributed by atoms with Crippen LogP contribution in [-0.2, 0) is 4.79 Å². The maximum Gasteiger partial charge on any atom is 0.303 e. The van der Waals surface area contributed by atoms with Gasteiger partial charge in [0.15, 0.2) is 0 Å². The molecule has 0 aliphatic carbocycles. The molecule has 1 aliphatic rings. The first-order valence-corrected chi connectivity index (χ1v) is 6.56. The van der Waals surface area contributed by atoms with E-state index in [4.69, 9.17) is 10.4 Å². The van der Waals surface area contributed by atoms with Gasteiger partial charge >= 0.3 is 5.97 Å². The molecule has 4 nitrogen and oxygen atoms in total. The molecule has 1 saturated heterocycles. The zero-order valence-corrected chi connectivity index (χ0v) is 11.4. The Morgan fingerprint density at radius 2 is 2.39 bits per heavy atom. The predicted octanol–water partition coefficient (Wildman–Crippen LogP) is 2.62. The van der Waals surface area contributed by atoms with Gasteiger partial charge in [0.2, 0.25) is 0 Å². The molecule has 94 valence electrons. The number of halogens is 1. The van der Waals surface area contributed by atoms with Crippen LogP contribution in [0.4, 0.5) is 5.69 Å². The Labute approximate surface area is 114 Å². The van der Waals surface area contributed by atoms with Gasteiger partial charge in [-0.1, -0.05) is 0 Å². The van der Waals surface area contributed by atoms with Crippen molar-refractivity contribution < 1.29 is 9.90 Å². The summed E-state index contributed by atoms with van der Waals surface area (Å²) in [5, 5.41) is 17.6. The van der Waals surface area contributed by atoms with Crippen molar-refractivity contribution in [1.82, 2.24) is 0 Å². The van der Waals surface area contributed by atoms with Crippen molar-refractivity contribution in [3.8, 4) is 6.07 Å². The molecule has 5 heteroatoms. The maximum atomic E-state index is 10.7. The van der Waals surface area contributed by atoms with E-state index in [1.54, 1.807) is 6.07 Å². The Bertz CT molecular complexity index is 510. The molecular formula is C13H13BrN2O2. The second-order valence-electron chi connectivity index (χ2n) is 4.47. The number of carboxylic acids is 1. The topological polar surface area (TPSA) is 64.3 Å². The minimum Gasteiger partial charge on any atom is -0.481 e. The van der Waals surface area contributed by atoms with Crippen molar-refractivity contribution in [3.05, 3.63) is 28.2 Å². The molecule has 0 radical (unpaired) electrons. The lowest BCUT2D eigenvalue weighted by atomic mass is 10.1. The number of aliphatic carboxylic acids is 1. The van der Waals surface area contributed by atoms with E-state index in [2.05, 4.69) is 26.9 Å². The highest BCUT2D eigenvalue weighted by molar-refractivity contribution is 9.10. The molecule has 2 rings (SSSR count). The van der Waals surface area contributed by atoms with Gasteiger partial charge in [-0.25, -0.2) is 0 Å². The van der Waals surface area contributed by atoms with Crippen molar-refractivity contribution >= 4 is 27.6 Å². The summed E-state index contributed by atoms with van der Waals surface area (Å²) in [5.74, 6) is -0.514. The monoisotopic (exact) mass is 308 g/mol. The van der Waals surface area contributed by atoms with Crippen LogP contribution in [0.5, 0.6) is 0 Å². The van der Waals surface area contributed by atoms with Crippen LogP contribution in [0.15, 0.2) is 22.7 Å². The fraction of sp³-hybridized carbons (Fsp3) is 0.385. The molecule has 1 N–H and O–H groups in total. The highest BCUT2D eigenvalue weighted by atomic mass is 79.9. The quantitative estimate of drug-likeness (QED) is 0.932. The van der Waals surface area contributed by atoms with Crippen LogP contribution < -0.4 is 4.90 Å². The summed E-state index contributed by atoms with van der Waals surface area (Å²) in [6.07, 6.45) is 1.14. The molecule has 1 unspecified atom stereocenters. The van der Waals surface area contributed by atoms with E-state index < -0.39 is 5.97 Å². The van der Waals surface area contributed by atoms with Crippen molar-refractivity contribution in [2.75, 3.05) is 18.0 Å². The van der Waals surface area contributed by atoms with Crippen molar-refractivity contribution in [3.63, 3.8) is 0 Å². The summed E-state index contributed by atoms with van der Waals surface area (Å²) in [6.45, 7) is 1.64. The molecule has 0 aromatic heterocycles. The lowest BCUT2D eigenvalue weighted by Gasteiger charge is -2.19. The van der Waals surface area contributed by atoms with Gasteiger partial charge in [0, 0.05) is 29.7 Å². The lowest BCUT2D eigenvalue weighted by Crippen LogP contribution is -2.20. The number of benzene rings is 1. The number of hydrogen-bond donors (Lipinski definition) is 1. The molecule has 1 heterocycles. The minimum atomic E-state index is -0.733. The van der Waals surface area contributed by atoms with E-state index in [1.807, 2.05) is 12.1 Å². The van der Waals surface area contributed by atoms with Gasteiger partial charge in [-0.05, 0) is 46.5 Å². The summed E-state index contributed by atoms with van der Waals surface area (Å²) in [6, 6.07) is 7.71. The van der Waals surface area contributed by atoms with E-state index in [-0.39, 0.29) is 12.3 Å². The Balaban J connectivity index is 2.08. The number of rotatable bonds is 3. The fourth-order valence-electron chi connectivity index (χ4n) is 2.27. The van der Waals surface area contributed by atoms with Crippen molar-refractivity contribution in [2.45, 2.75) is 12.8 Å². The van der Waals surface area contributed by atoms with E-state index >= 15 is 0 Å². The van der Waals surface area contributed by atoms with Crippen LogP contribution in [0, 0.1) is 17.2 Å². The molecule has 0 spiro atoms. The minimum absolute atomic E-state index is 0.219. The van der Waals surface area contributed by atoms with E-state index in [9.17, 15) is 4.79 Å². The van der Waals surface area contributed by atoms with E-state index in [0.29, 0.717) is 5.56 Å². The standard InChI is InChI=1S/C13H13BrN2O2/c14-12-6-11(2-1-10(12)7-15)16-4-3-9(8-16)5-13(17)18/h1-2,6,9H,3-5,8H2,(H,17,18). The maximum absolute atomic E-state index is 10.7. The highest BCUT2D eigenvalue weighted by Crippen LogP contribution is 2.29. The summed E-state index contributed by atoms with van der Waals surface area (Å²) < 4.78 is 0.782. The second kappa shape index (κ2) is 5.40. The van der Waals surface area contributed by atoms with Gasteiger partial charge in [0.05, 0.1) is 5.56 Å². The average Bonchev–Trinajstić information content (AvgIpc) is 2.76. The van der Waals surface area contributed by atoms with Crippen molar-refractivity contribution in [2.24, 2.45) is 5.92 Å². The third-order valence-electron chi connectivity index (χ3n) is 3.19. The Morgan fingerprint density at radius 1 is 1.61 bits per heavy atom. The normalized spacial score (nSPS) is 18.7. The fourth-order valence-corrected chi connectivity index (χ4v) is 2.73. The van der Waals surface area contributed by atoms with Gasteiger partial charge < -0.3 is 10.0 Å². The number of anilines is 1. The first kappa shape index (κ1) is 12.9. The number of nitriles is 1. The van der Waals surface area contributed by atoms with Crippen LogP contribution >= 0.6 is 15.9 Å². The van der Waals surface area contributed by atoms with Gasteiger partial charge in [-0.2, -0.15) is 5.26 Å². The number of nitrogens with zero attached hydrogens (tertiary/aromatic N) is 2. The van der Waals surface area contributed by atoms with Gasteiger partial charge in [-0.15, -0.1) is 0 Å². The third-order valence-corrected chi connectivity index (χ3v) is 3.84. The van der Waals surface area contributed by atoms with Crippen LogP contribution in [0.3, 0.4) is 0 Å². The Kier molecular flexibility index (Phi) is 3.87. The summed E-state index contributed by atoms with van der Waals surface area (Å²) >= 11 is 3.37. The molecule has 1 aromatic rings. The van der Waals surface area contributed by atoms with Crippen LogP contribution in [0.2, 0.25) is 0 Å². The number of carbonyl (C=O) groups is 1. The first-order chi connectivity index (χ1) is 8.60. The predicted molar refractivity (Wildman–Crippen MR) is 71.4 cm³/mol. The largest absolute Gasteiger partial charge is 0.481 e. The molecule has 1 aromatic carbocycles. The SMILES string of the molecule is N#Cc1ccc(N2CCC(CC(=O)O)C2)cc1Br. The zero-order chi connectivity index (χ0) is 13.1. The molecule has 0 saturated carbocycles. The smallest absolute Gasteiger partial charge is 0.303 e. The van der Waals surface area contributed by atoms with Crippen molar-refractivity contribution in [1.29, 1.82) is 5.26 Å². The summed E-state index contributed by atoms with van der Waals surface area (Å²) in [7, 11) is 0.